The minimum Gasteiger partial charge on any atom is -0.340 e. The van der Waals surface area contributed by atoms with E-state index in [2.05, 4.69) is 20.0 Å². The van der Waals surface area contributed by atoms with Crippen LogP contribution in [0.25, 0.3) is 10.9 Å². The molecule has 5 heterocycles. The zero-order valence-electron chi connectivity index (χ0n) is 15.7. The molecule has 0 aliphatic carbocycles. The number of hydrogen-bond donors (Lipinski definition) is 0. The molecule has 1 unspecified atom stereocenters. The van der Waals surface area contributed by atoms with Crippen molar-refractivity contribution < 1.29 is 4.79 Å². The number of rotatable bonds is 3. The van der Waals surface area contributed by atoms with E-state index >= 15 is 0 Å². The molecule has 28 heavy (non-hydrogen) atoms. The molecule has 5 rings (SSSR count). The van der Waals surface area contributed by atoms with Crippen LogP contribution in [0.4, 0.5) is 11.6 Å². The SMILES string of the molecule is Cn1c(N2CCC(n3cc(N4CCCC4=O)cn3)C2)nc2cnccc2c1=O. The van der Waals surface area contributed by atoms with E-state index in [4.69, 9.17) is 0 Å². The molecule has 9 heteroatoms. The zero-order valence-corrected chi connectivity index (χ0v) is 15.7. The molecule has 0 radical (unpaired) electrons. The summed E-state index contributed by atoms with van der Waals surface area (Å²) >= 11 is 0. The summed E-state index contributed by atoms with van der Waals surface area (Å²) in [5.41, 5.74) is 1.40. The summed E-state index contributed by atoms with van der Waals surface area (Å²) in [4.78, 5) is 37.3. The molecular weight excluding hydrogens is 358 g/mol. The van der Waals surface area contributed by atoms with Crippen LogP contribution in [-0.4, -0.2) is 49.9 Å². The number of carbonyl (C=O) groups excluding carboxylic acids is 1. The highest BCUT2D eigenvalue weighted by molar-refractivity contribution is 5.95. The second kappa shape index (κ2) is 6.43. The van der Waals surface area contributed by atoms with E-state index < -0.39 is 0 Å². The minimum absolute atomic E-state index is 0.0697. The smallest absolute Gasteiger partial charge is 0.262 e. The van der Waals surface area contributed by atoms with Crippen LogP contribution in [-0.2, 0) is 11.8 Å². The molecule has 1 atom stereocenters. The summed E-state index contributed by atoms with van der Waals surface area (Å²) < 4.78 is 3.53. The minimum atomic E-state index is -0.0697. The maximum atomic E-state index is 12.7. The Hall–Kier alpha value is -3.23. The van der Waals surface area contributed by atoms with Crippen LogP contribution in [0.5, 0.6) is 0 Å². The standard InChI is InChI=1S/C19H21N7O2/c1-23-18(28)15-4-6-20-10-16(15)22-19(23)24-8-5-13(11-24)26-12-14(9-21-26)25-7-2-3-17(25)27/h4,6,9-10,12-13H,2-3,5,7-8,11H2,1H3. The molecule has 0 bridgehead atoms. The molecule has 2 aliphatic rings. The molecule has 2 fully saturated rings. The molecule has 0 N–H and O–H groups in total. The van der Waals surface area contributed by atoms with Crippen molar-refractivity contribution in [2.45, 2.75) is 25.3 Å². The van der Waals surface area contributed by atoms with Gasteiger partial charge < -0.3 is 9.80 Å². The summed E-state index contributed by atoms with van der Waals surface area (Å²) in [5.74, 6) is 0.812. The topological polar surface area (TPSA) is 89.2 Å². The van der Waals surface area contributed by atoms with Gasteiger partial charge in [0, 0.05) is 45.5 Å². The highest BCUT2D eigenvalue weighted by atomic mass is 16.2. The Morgan fingerprint density at radius 3 is 2.89 bits per heavy atom. The Balaban J connectivity index is 1.40. The molecule has 2 saturated heterocycles. The van der Waals surface area contributed by atoms with Crippen molar-refractivity contribution in [1.29, 1.82) is 0 Å². The molecule has 3 aromatic heterocycles. The summed E-state index contributed by atoms with van der Waals surface area (Å²) in [6.45, 7) is 2.26. The van der Waals surface area contributed by atoms with Crippen LogP contribution >= 0.6 is 0 Å². The van der Waals surface area contributed by atoms with Crippen molar-refractivity contribution in [3.05, 3.63) is 41.2 Å². The van der Waals surface area contributed by atoms with E-state index in [1.807, 2.05) is 10.9 Å². The zero-order chi connectivity index (χ0) is 19.3. The Morgan fingerprint density at radius 1 is 1.18 bits per heavy atom. The second-order valence-corrected chi connectivity index (χ2v) is 7.38. The number of carbonyl (C=O) groups is 1. The van der Waals surface area contributed by atoms with Crippen molar-refractivity contribution in [3.8, 4) is 0 Å². The lowest BCUT2D eigenvalue weighted by Crippen LogP contribution is -2.30. The number of nitrogens with zero attached hydrogens (tertiary/aromatic N) is 7. The van der Waals surface area contributed by atoms with E-state index in [-0.39, 0.29) is 17.5 Å². The lowest BCUT2D eigenvalue weighted by atomic mass is 10.3. The summed E-state index contributed by atoms with van der Waals surface area (Å²) in [6.07, 6.45) is 9.36. The average Bonchev–Trinajstić information content (AvgIpc) is 3.44. The number of hydrogen-bond acceptors (Lipinski definition) is 6. The van der Waals surface area contributed by atoms with Gasteiger partial charge in [-0.2, -0.15) is 5.10 Å². The molecule has 0 aromatic carbocycles. The highest BCUT2D eigenvalue weighted by Gasteiger charge is 2.29. The third-order valence-corrected chi connectivity index (χ3v) is 5.65. The summed E-state index contributed by atoms with van der Waals surface area (Å²) in [6, 6.07) is 1.87. The van der Waals surface area contributed by atoms with Crippen molar-refractivity contribution in [3.63, 3.8) is 0 Å². The number of amides is 1. The van der Waals surface area contributed by atoms with Gasteiger partial charge in [0.15, 0.2) is 0 Å². The monoisotopic (exact) mass is 379 g/mol. The Labute approximate surface area is 161 Å². The van der Waals surface area contributed by atoms with Gasteiger partial charge in [0.25, 0.3) is 5.56 Å². The van der Waals surface area contributed by atoms with Crippen molar-refractivity contribution in [1.82, 2.24) is 24.3 Å². The van der Waals surface area contributed by atoms with Gasteiger partial charge in [0.1, 0.15) is 0 Å². The van der Waals surface area contributed by atoms with E-state index in [0.717, 1.165) is 31.6 Å². The van der Waals surface area contributed by atoms with E-state index in [1.54, 1.807) is 41.2 Å². The van der Waals surface area contributed by atoms with Crippen LogP contribution in [0.1, 0.15) is 25.3 Å². The molecule has 0 saturated carbocycles. The maximum absolute atomic E-state index is 12.7. The largest absolute Gasteiger partial charge is 0.340 e. The lowest BCUT2D eigenvalue weighted by molar-refractivity contribution is -0.117. The third-order valence-electron chi connectivity index (χ3n) is 5.65. The van der Waals surface area contributed by atoms with Gasteiger partial charge in [-0.15, -0.1) is 0 Å². The molecule has 1 amide bonds. The van der Waals surface area contributed by atoms with Gasteiger partial charge in [0.2, 0.25) is 11.9 Å². The van der Waals surface area contributed by atoms with E-state index in [1.165, 1.54) is 0 Å². The van der Waals surface area contributed by atoms with Gasteiger partial charge in [0.05, 0.1) is 35.0 Å². The Kier molecular flexibility index (Phi) is 3.88. The van der Waals surface area contributed by atoms with Crippen molar-refractivity contribution >= 4 is 28.4 Å². The van der Waals surface area contributed by atoms with Crippen LogP contribution in [0.3, 0.4) is 0 Å². The predicted octanol–water partition coefficient (Wildman–Crippen LogP) is 1.10. The number of anilines is 2. The molecule has 3 aromatic rings. The Bertz CT molecular complexity index is 1120. The summed E-state index contributed by atoms with van der Waals surface area (Å²) in [7, 11) is 1.75. The molecule has 9 nitrogen and oxygen atoms in total. The fourth-order valence-corrected chi connectivity index (χ4v) is 4.12. The maximum Gasteiger partial charge on any atom is 0.262 e. The predicted molar refractivity (Wildman–Crippen MR) is 104 cm³/mol. The average molecular weight is 379 g/mol. The fourth-order valence-electron chi connectivity index (χ4n) is 4.12. The van der Waals surface area contributed by atoms with Crippen molar-refractivity contribution in [2.75, 3.05) is 29.4 Å². The first kappa shape index (κ1) is 16.9. The fraction of sp³-hybridized carbons (Fsp3) is 0.421. The van der Waals surface area contributed by atoms with Crippen LogP contribution in [0.2, 0.25) is 0 Å². The first-order valence-electron chi connectivity index (χ1n) is 9.52. The van der Waals surface area contributed by atoms with Crippen molar-refractivity contribution in [2.24, 2.45) is 7.05 Å². The van der Waals surface area contributed by atoms with Gasteiger partial charge in [-0.3, -0.25) is 23.8 Å². The Morgan fingerprint density at radius 2 is 2.07 bits per heavy atom. The quantitative estimate of drug-likeness (QED) is 0.677. The second-order valence-electron chi connectivity index (χ2n) is 7.38. The first-order chi connectivity index (χ1) is 13.6. The van der Waals surface area contributed by atoms with Gasteiger partial charge >= 0.3 is 0 Å². The van der Waals surface area contributed by atoms with E-state index in [0.29, 0.717) is 29.8 Å². The molecule has 2 aliphatic heterocycles. The van der Waals surface area contributed by atoms with Gasteiger partial charge in [-0.1, -0.05) is 0 Å². The van der Waals surface area contributed by atoms with Crippen LogP contribution < -0.4 is 15.4 Å². The normalized spacial score (nSPS) is 19.9. The summed E-state index contributed by atoms with van der Waals surface area (Å²) in [5, 5.41) is 5.07. The first-order valence-corrected chi connectivity index (χ1v) is 9.52. The van der Waals surface area contributed by atoms with Gasteiger partial charge in [-0.05, 0) is 18.9 Å². The van der Waals surface area contributed by atoms with E-state index in [9.17, 15) is 9.59 Å². The van der Waals surface area contributed by atoms with Crippen LogP contribution in [0, 0.1) is 0 Å². The number of aromatic nitrogens is 5. The van der Waals surface area contributed by atoms with Gasteiger partial charge in [-0.25, -0.2) is 4.98 Å². The molecule has 144 valence electrons. The molecular formula is C19H21N7O2. The third kappa shape index (κ3) is 2.65. The number of fused-ring (bicyclic) bond motifs is 1. The highest BCUT2D eigenvalue weighted by Crippen LogP contribution is 2.28. The number of pyridine rings is 1. The molecule has 0 spiro atoms. The lowest BCUT2D eigenvalue weighted by Gasteiger charge is -2.20. The van der Waals surface area contributed by atoms with Crippen LogP contribution in [0.15, 0.2) is 35.6 Å².